The average molecular weight is 671 g/mol. The number of rotatable bonds is 18. The van der Waals surface area contributed by atoms with Crippen LogP contribution >= 0.6 is 0 Å². The lowest BCUT2D eigenvalue weighted by Crippen LogP contribution is -2.21. The molecule has 4 heteroatoms. The van der Waals surface area contributed by atoms with Crippen molar-refractivity contribution in [1.29, 1.82) is 0 Å². The lowest BCUT2D eigenvalue weighted by Gasteiger charge is -2.24. The van der Waals surface area contributed by atoms with Gasteiger partial charge in [-0.15, -0.1) is 0 Å². The SMILES string of the molecule is CCN(CC)c1ccc(C(=CC(C)=CC(c2ccc(N(CC)CC)cc2)c2ccc(N(CC)CC)cc2)c2ccc(N(CC)CC)cc2)cc1. The van der Waals surface area contributed by atoms with Crippen LogP contribution in [0, 0.1) is 0 Å². The summed E-state index contributed by atoms with van der Waals surface area (Å²) < 4.78 is 0. The number of hydrogen-bond donors (Lipinski definition) is 0. The first-order valence-corrected chi connectivity index (χ1v) is 19.1. The Morgan fingerprint density at radius 3 is 0.940 bits per heavy atom. The normalized spacial score (nSPS) is 11.4. The van der Waals surface area contributed by atoms with Crippen molar-refractivity contribution in [2.24, 2.45) is 0 Å². The molecule has 4 aromatic rings. The summed E-state index contributed by atoms with van der Waals surface area (Å²) in [6.07, 6.45) is 4.84. The van der Waals surface area contributed by atoms with Crippen LogP contribution in [0.5, 0.6) is 0 Å². The van der Waals surface area contributed by atoms with E-state index in [9.17, 15) is 0 Å². The molecule has 0 heterocycles. The van der Waals surface area contributed by atoms with E-state index in [1.807, 2.05) is 0 Å². The zero-order valence-corrected chi connectivity index (χ0v) is 32.4. The number of anilines is 4. The Balaban J connectivity index is 1.83. The molecule has 4 rings (SSSR count). The monoisotopic (exact) mass is 670 g/mol. The maximum Gasteiger partial charge on any atom is 0.0366 e. The fourth-order valence-electron chi connectivity index (χ4n) is 7.10. The molecule has 0 bridgehead atoms. The van der Waals surface area contributed by atoms with Crippen molar-refractivity contribution in [2.75, 3.05) is 72.0 Å². The van der Waals surface area contributed by atoms with Gasteiger partial charge in [-0.05, 0) is 139 Å². The van der Waals surface area contributed by atoms with Gasteiger partial charge in [0.05, 0.1) is 0 Å². The molecule has 0 amide bonds. The van der Waals surface area contributed by atoms with E-state index in [0.717, 1.165) is 52.4 Å². The standard InChI is InChI=1S/C46H62N4/c1-10-47(11-2)41-26-18-37(19-27-41)45(38-20-28-42(29-21-38)48(12-3)13-4)34-36(9)35-46(39-22-30-43(31-23-39)49(14-5)15-6)40-24-32-44(33-25-40)50(16-7)17-8/h18-35,45H,10-17H2,1-9H3. The van der Waals surface area contributed by atoms with Crippen molar-refractivity contribution in [3.05, 3.63) is 137 Å². The van der Waals surface area contributed by atoms with Crippen molar-refractivity contribution < 1.29 is 0 Å². The van der Waals surface area contributed by atoms with Crippen LogP contribution in [-0.4, -0.2) is 52.4 Å². The molecule has 0 aliphatic heterocycles. The summed E-state index contributed by atoms with van der Waals surface area (Å²) in [5, 5.41) is 0. The lowest BCUT2D eigenvalue weighted by molar-refractivity contribution is 0.863. The highest BCUT2D eigenvalue weighted by molar-refractivity contribution is 5.82. The smallest absolute Gasteiger partial charge is 0.0366 e. The van der Waals surface area contributed by atoms with E-state index in [-0.39, 0.29) is 5.92 Å². The molecule has 0 radical (unpaired) electrons. The fraction of sp³-hybridized carbons (Fsp3) is 0.391. The summed E-state index contributed by atoms with van der Waals surface area (Å²) in [7, 11) is 0. The Bertz CT molecular complexity index is 1500. The van der Waals surface area contributed by atoms with Gasteiger partial charge in [-0.2, -0.15) is 0 Å². The first kappa shape index (κ1) is 38.4. The van der Waals surface area contributed by atoms with Crippen molar-refractivity contribution >= 4 is 28.3 Å². The Kier molecular flexibility index (Phi) is 14.6. The summed E-state index contributed by atoms with van der Waals surface area (Å²) in [5.74, 6) is 0.124. The molecule has 0 aliphatic rings. The van der Waals surface area contributed by atoms with Gasteiger partial charge in [0.25, 0.3) is 0 Å². The highest BCUT2D eigenvalue weighted by Gasteiger charge is 2.15. The van der Waals surface area contributed by atoms with E-state index in [0.29, 0.717) is 0 Å². The Morgan fingerprint density at radius 1 is 0.420 bits per heavy atom. The molecule has 4 aromatic carbocycles. The minimum atomic E-state index is 0.124. The molecule has 0 spiro atoms. The predicted molar refractivity (Wildman–Crippen MR) is 223 cm³/mol. The summed E-state index contributed by atoms with van der Waals surface area (Å²) >= 11 is 0. The first-order chi connectivity index (χ1) is 24.3. The fourth-order valence-corrected chi connectivity index (χ4v) is 7.10. The zero-order valence-electron chi connectivity index (χ0n) is 32.4. The Labute approximate surface area is 304 Å². The van der Waals surface area contributed by atoms with E-state index < -0.39 is 0 Å². The third-order valence-corrected chi connectivity index (χ3v) is 10.2. The molecule has 0 unspecified atom stereocenters. The van der Waals surface area contributed by atoms with E-state index in [4.69, 9.17) is 0 Å². The molecule has 50 heavy (non-hydrogen) atoms. The van der Waals surface area contributed by atoms with Crippen molar-refractivity contribution in [3.63, 3.8) is 0 Å². The van der Waals surface area contributed by atoms with Crippen molar-refractivity contribution in [2.45, 2.75) is 68.2 Å². The predicted octanol–water partition coefficient (Wildman–Crippen LogP) is 11.3. The van der Waals surface area contributed by atoms with Crippen LogP contribution in [0.25, 0.3) is 5.57 Å². The van der Waals surface area contributed by atoms with E-state index in [1.165, 1.54) is 56.1 Å². The van der Waals surface area contributed by atoms with E-state index in [1.54, 1.807) is 0 Å². The van der Waals surface area contributed by atoms with Crippen LogP contribution < -0.4 is 19.6 Å². The molecule has 0 saturated heterocycles. The second kappa shape index (κ2) is 19.1. The molecule has 0 aliphatic carbocycles. The molecule has 0 N–H and O–H groups in total. The second-order valence-corrected chi connectivity index (χ2v) is 12.9. The average Bonchev–Trinajstić information content (AvgIpc) is 3.16. The van der Waals surface area contributed by atoms with Crippen molar-refractivity contribution in [1.82, 2.24) is 0 Å². The molecule has 0 aromatic heterocycles. The molecule has 266 valence electrons. The van der Waals surface area contributed by atoms with Gasteiger partial charge >= 0.3 is 0 Å². The highest BCUT2D eigenvalue weighted by atomic mass is 15.1. The third-order valence-electron chi connectivity index (χ3n) is 10.2. The van der Waals surface area contributed by atoms with Gasteiger partial charge in [0.15, 0.2) is 0 Å². The van der Waals surface area contributed by atoms with Crippen LogP contribution in [0.3, 0.4) is 0 Å². The van der Waals surface area contributed by atoms with E-state index >= 15 is 0 Å². The zero-order chi connectivity index (χ0) is 36.0. The molecular formula is C46H62N4. The van der Waals surface area contributed by atoms with Crippen LogP contribution in [0.4, 0.5) is 22.7 Å². The van der Waals surface area contributed by atoms with E-state index in [2.05, 4.69) is 191 Å². The number of nitrogens with zero attached hydrogens (tertiary/aromatic N) is 4. The van der Waals surface area contributed by atoms with Gasteiger partial charge in [0.2, 0.25) is 0 Å². The van der Waals surface area contributed by atoms with Crippen molar-refractivity contribution in [3.8, 4) is 0 Å². The second-order valence-electron chi connectivity index (χ2n) is 12.9. The van der Waals surface area contributed by atoms with Crippen LogP contribution in [0.2, 0.25) is 0 Å². The summed E-state index contributed by atoms with van der Waals surface area (Å²) in [4.78, 5) is 9.62. The highest BCUT2D eigenvalue weighted by Crippen LogP contribution is 2.33. The lowest BCUT2D eigenvalue weighted by atomic mass is 9.88. The number of allylic oxidation sites excluding steroid dienone is 3. The number of benzene rings is 4. The summed E-state index contributed by atoms with van der Waals surface area (Å²) in [6, 6.07) is 36.7. The first-order valence-electron chi connectivity index (χ1n) is 19.1. The summed E-state index contributed by atoms with van der Waals surface area (Å²) in [6.45, 7) is 28.1. The Hall–Kier alpha value is -4.44. The Morgan fingerprint density at radius 2 is 0.680 bits per heavy atom. The largest absolute Gasteiger partial charge is 0.372 e. The minimum absolute atomic E-state index is 0.124. The molecule has 0 fully saturated rings. The molecular weight excluding hydrogens is 609 g/mol. The van der Waals surface area contributed by atoms with Gasteiger partial charge in [0, 0.05) is 81.0 Å². The van der Waals surface area contributed by atoms with Gasteiger partial charge in [-0.3, -0.25) is 0 Å². The molecule has 0 atom stereocenters. The topological polar surface area (TPSA) is 13.0 Å². The quantitative estimate of drug-likeness (QED) is 0.0977. The molecule has 0 saturated carbocycles. The maximum absolute atomic E-state index is 2.45. The third kappa shape index (κ3) is 9.41. The van der Waals surface area contributed by atoms with Gasteiger partial charge in [0.1, 0.15) is 0 Å². The van der Waals surface area contributed by atoms with Crippen LogP contribution in [-0.2, 0) is 0 Å². The van der Waals surface area contributed by atoms with Gasteiger partial charge in [-0.25, -0.2) is 0 Å². The van der Waals surface area contributed by atoms with Gasteiger partial charge < -0.3 is 19.6 Å². The number of hydrogen-bond acceptors (Lipinski definition) is 4. The van der Waals surface area contributed by atoms with Crippen LogP contribution in [0.1, 0.15) is 90.5 Å². The van der Waals surface area contributed by atoms with Gasteiger partial charge in [-0.1, -0.05) is 66.3 Å². The van der Waals surface area contributed by atoms with Crippen LogP contribution in [0.15, 0.2) is 115 Å². The maximum atomic E-state index is 2.45. The summed E-state index contributed by atoms with van der Waals surface area (Å²) in [5.41, 5.74) is 12.6. The molecule has 4 nitrogen and oxygen atoms in total. The minimum Gasteiger partial charge on any atom is -0.372 e.